The van der Waals surface area contributed by atoms with Gasteiger partial charge in [0.2, 0.25) is 0 Å². The number of aryl methyl sites for hydroxylation is 1. The first kappa shape index (κ1) is 11.6. The first-order valence-electron chi connectivity index (χ1n) is 5.05. The van der Waals surface area contributed by atoms with Crippen LogP contribution in [0.15, 0.2) is 35.7 Å². The summed E-state index contributed by atoms with van der Waals surface area (Å²) in [5.41, 5.74) is 0.827. The molecule has 0 fully saturated rings. The molecule has 1 atom stereocenters. The zero-order valence-corrected chi connectivity index (χ0v) is 10.8. The van der Waals surface area contributed by atoms with E-state index in [9.17, 15) is 5.11 Å². The van der Waals surface area contributed by atoms with Crippen LogP contribution in [0.25, 0.3) is 0 Å². The molecule has 1 N–H and O–H groups in total. The van der Waals surface area contributed by atoms with Crippen LogP contribution in [0.5, 0.6) is 0 Å². The van der Waals surface area contributed by atoms with E-state index in [-0.39, 0.29) is 0 Å². The van der Waals surface area contributed by atoms with E-state index in [2.05, 4.69) is 0 Å². The molecule has 0 spiro atoms. The average molecular weight is 253 g/mol. The minimum atomic E-state index is -1.02. The van der Waals surface area contributed by atoms with Crippen LogP contribution < -0.4 is 0 Å². The van der Waals surface area contributed by atoms with Crippen LogP contribution in [-0.2, 0) is 5.60 Å². The summed E-state index contributed by atoms with van der Waals surface area (Å²) in [6, 6.07) is 9.42. The first-order chi connectivity index (χ1) is 7.53. The van der Waals surface area contributed by atoms with Crippen molar-refractivity contribution >= 4 is 22.9 Å². The van der Waals surface area contributed by atoms with Gasteiger partial charge in [0.25, 0.3) is 0 Å². The van der Waals surface area contributed by atoms with Gasteiger partial charge in [0.15, 0.2) is 0 Å². The van der Waals surface area contributed by atoms with Crippen molar-refractivity contribution in [1.82, 2.24) is 0 Å². The van der Waals surface area contributed by atoms with E-state index in [0.29, 0.717) is 5.02 Å². The number of benzene rings is 1. The van der Waals surface area contributed by atoms with Crippen molar-refractivity contribution in [3.05, 3.63) is 56.7 Å². The second-order valence-electron chi connectivity index (χ2n) is 3.98. The van der Waals surface area contributed by atoms with Crippen molar-refractivity contribution in [2.24, 2.45) is 0 Å². The Morgan fingerprint density at radius 1 is 1.25 bits per heavy atom. The van der Waals surface area contributed by atoms with Crippen LogP contribution in [-0.4, -0.2) is 5.11 Å². The third-order valence-corrected chi connectivity index (χ3v) is 4.26. The third kappa shape index (κ3) is 1.88. The highest BCUT2D eigenvalue weighted by Crippen LogP contribution is 2.37. The minimum absolute atomic E-state index is 0.598. The summed E-state index contributed by atoms with van der Waals surface area (Å²) in [5.74, 6) is 0. The van der Waals surface area contributed by atoms with Crippen LogP contribution in [0.2, 0.25) is 5.02 Å². The van der Waals surface area contributed by atoms with Gasteiger partial charge in [-0.05, 0) is 36.9 Å². The topological polar surface area (TPSA) is 20.2 Å². The summed E-state index contributed by atoms with van der Waals surface area (Å²) >= 11 is 7.67. The van der Waals surface area contributed by atoms with Crippen molar-refractivity contribution in [2.75, 3.05) is 0 Å². The highest BCUT2D eigenvalue weighted by Gasteiger charge is 2.30. The van der Waals surface area contributed by atoms with E-state index >= 15 is 0 Å². The molecule has 84 valence electrons. The molecule has 1 nitrogen and oxygen atoms in total. The molecule has 1 aromatic heterocycles. The van der Waals surface area contributed by atoms with E-state index in [1.54, 1.807) is 24.3 Å². The normalized spacial score (nSPS) is 14.8. The van der Waals surface area contributed by atoms with Gasteiger partial charge in [-0.3, -0.25) is 0 Å². The predicted molar refractivity (Wildman–Crippen MR) is 69.2 cm³/mol. The van der Waals surface area contributed by atoms with Gasteiger partial charge in [0.05, 0.1) is 0 Å². The lowest BCUT2D eigenvalue weighted by Crippen LogP contribution is -2.22. The molecular formula is C13H13ClOS. The summed E-state index contributed by atoms with van der Waals surface area (Å²) in [7, 11) is 0. The molecule has 1 heterocycles. The molecule has 2 rings (SSSR count). The van der Waals surface area contributed by atoms with E-state index in [1.165, 1.54) is 0 Å². The smallest absolute Gasteiger partial charge is 0.123 e. The van der Waals surface area contributed by atoms with Gasteiger partial charge in [-0.25, -0.2) is 0 Å². The standard InChI is InChI=1S/C13H13ClOS/c1-9-7-8-16-12(9)13(2,15)10-5-3-4-6-11(10)14/h3-8,15H,1-2H3. The molecule has 0 bridgehead atoms. The maximum absolute atomic E-state index is 10.6. The molecule has 0 aliphatic heterocycles. The lowest BCUT2D eigenvalue weighted by molar-refractivity contribution is 0.106. The van der Waals surface area contributed by atoms with Gasteiger partial charge in [0, 0.05) is 15.5 Å². The Morgan fingerprint density at radius 2 is 1.94 bits per heavy atom. The summed E-state index contributed by atoms with van der Waals surface area (Å²) in [5, 5.41) is 13.2. The number of rotatable bonds is 2. The van der Waals surface area contributed by atoms with E-state index < -0.39 is 5.60 Å². The Morgan fingerprint density at radius 3 is 2.50 bits per heavy atom. The molecule has 0 aliphatic carbocycles. The number of hydrogen-bond acceptors (Lipinski definition) is 2. The zero-order chi connectivity index (χ0) is 11.8. The van der Waals surface area contributed by atoms with Crippen LogP contribution >= 0.6 is 22.9 Å². The molecule has 1 aromatic carbocycles. The lowest BCUT2D eigenvalue weighted by Gasteiger charge is -2.24. The molecule has 0 radical (unpaired) electrons. The molecule has 2 aromatic rings. The van der Waals surface area contributed by atoms with Gasteiger partial charge in [0.1, 0.15) is 5.60 Å². The summed E-state index contributed by atoms with van der Waals surface area (Å²) in [4.78, 5) is 0.945. The molecule has 1 unspecified atom stereocenters. The Labute approximate surface area is 104 Å². The second kappa shape index (κ2) is 4.21. The van der Waals surface area contributed by atoms with Crippen molar-refractivity contribution < 1.29 is 5.11 Å². The Kier molecular flexibility index (Phi) is 3.06. The summed E-state index contributed by atoms with van der Waals surface area (Å²) < 4.78 is 0. The van der Waals surface area contributed by atoms with Crippen LogP contribution in [0, 0.1) is 6.92 Å². The SMILES string of the molecule is Cc1ccsc1C(C)(O)c1ccccc1Cl. The van der Waals surface area contributed by atoms with Crippen LogP contribution in [0.4, 0.5) is 0 Å². The number of aliphatic hydroxyl groups is 1. The first-order valence-corrected chi connectivity index (χ1v) is 6.31. The number of halogens is 1. The molecule has 0 amide bonds. The third-order valence-electron chi connectivity index (χ3n) is 2.70. The fraction of sp³-hybridized carbons (Fsp3) is 0.231. The predicted octanol–water partition coefficient (Wildman–Crippen LogP) is 3.97. The average Bonchev–Trinajstić information content (AvgIpc) is 2.65. The molecule has 0 aliphatic rings. The van der Waals surface area contributed by atoms with Crippen LogP contribution in [0.1, 0.15) is 22.9 Å². The fourth-order valence-corrected chi connectivity index (χ4v) is 3.17. The van der Waals surface area contributed by atoms with Crippen molar-refractivity contribution in [1.29, 1.82) is 0 Å². The van der Waals surface area contributed by atoms with E-state index in [0.717, 1.165) is 16.0 Å². The maximum Gasteiger partial charge on any atom is 0.123 e. The van der Waals surface area contributed by atoms with Crippen LogP contribution in [0.3, 0.4) is 0 Å². The molecule has 0 saturated carbocycles. The van der Waals surface area contributed by atoms with Gasteiger partial charge in [-0.1, -0.05) is 29.8 Å². The van der Waals surface area contributed by atoms with Gasteiger partial charge < -0.3 is 5.11 Å². The Hall–Kier alpha value is -0.830. The Balaban J connectivity index is 2.55. The van der Waals surface area contributed by atoms with Gasteiger partial charge in [-0.2, -0.15) is 0 Å². The Bertz CT molecular complexity index is 502. The van der Waals surface area contributed by atoms with Gasteiger partial charge in [-0.15, -0.1) is 11.3 Å². The molecule has 16 heavy (non-hydrogen) atoms. The summed E-state index contributed by atoms with van der Waals surface area (Å²) in [6.45, 7) is 3.78. The zero-order valence-electron chi connectivity index (χ0n) is 9.20. The number of thiophene rings is 1. The largest absolute Gasteiger partial charge is 0.380 e. The van der Waals surface area contributed by atoms with E-state index in [1.807, 2.05) is 36.6 Å². The second-order valence-corrected chi connectivity index (χ2v) is 5.31. The van der Waals surface area contributed by atoms with Gasteiger partial charge >= 0.3 is 0 Å². The molecule has 0 saturated heterocycles. The highest BCUT2D eigenvalue weighted by molar-refractivity contribution is 7.10. The van der Waals surface area contributed by atoms with Crippen molar-refractivity contribution in [3.63, 3.8) is 0 Å². The molecular weight excluding hydrogens is 240 g/mol. The van der Waals surface area contributed by atoms with Crippen molar-refractivity contribution in [2.45, 2.75) is 19.4 Å². The highest BCUT2D eigenvalue weighted by atomic mass is 35.5. The lowest BCUT2D eigenvalue weighted by atomic mass is 9.92. The monoisotopic (exact) mass is 252 g/mol. The minimum Gasteiger partial charge on any atom is -0.380 e. The fourth-order valence-electron chi connectivity index (χ4n) is 1.85. The maximum atomic E-state index is 10.6. The summed E-state index contributed by atoms with van der Waals surface area (Å²) in [6.07, 6.45) is 0. The molecule has 3 heteroatoms. The van der Waals surface area contributed by atoms with Crippen molar-refractivity contribution in [3.8, 4) is 0 Å². The van der Waals surface area contributed by atoms with E-state index in [4.69, 9.17) is 11.6 Å². The quantitative estimate of drug-likeness (QED) is 0.858. The number of hydrogen-bond donors (Lipinski definition) is 1.